The van der Waals surface area contributed by atoms with Crippen molar-refractivity contribution in [3.63, 3.8) is 0 Å². The molecule has 1 unspecified atom stereocenters. The Morgan fingerprint density at radius 2 is 2.55 bits per heavy atom. The Kier molecular flexibility index (Phi) is 2.99. The minimum absolute atomic E-state index is 0.00583. The molecule has 0 aliphatic carbocycles. The van der Waals surface area contributed by atoms with Gasteiger partial charge in [-0.1, -0.05) is 0 Å². The lowest BCUT2D eigenvalue weighted by Crippen LogP contribution is -2.19. The van der Waals surface area contributed by atoms with E-state index < -0.39 is 0 Å². The monoisotopic (exact) mass is 172 g/mol. The molecule has 3 nitrogen and oxygen atoms in total. The second-order valence-corrected chi connectivity index (χ2v) is 3.24. The Balaban J connectivity index is 2.73. The summed E-state index contributed by atoms with van der Waals surface area (Å²) in [5, 5.41) is 14.8. The van der Waals surface area contributed by atoms with Crippen LogP contribution in [0.4, 0.5) is 0 Å². The number of aliphatic hydroxyl groups is 1. The molecule has 0 amide bonds. The number of thiazole rings is 1. The van der Waals surface area contributed by atoms with E-state index in [0.717, 1.165) is 10.7 Å². The van der Waals surface area contributed by atoms with E-state index in [1.54, 1.807) is 11.3 Å². The average Bonchev–Trinajstić information content (AvgIpc) is 2.39. The first-order valence-corrected chi connectivity index (χ1v) is 4.36. The molecule has 0 aliphatic heterocycles. The summed E-state index contributed by atoms with van der Waals surface area (Å²) in [6, 6.07) is -0.00583. The molecule has 0 radical (unpaired) electrons. The second-order valence-electron chi connectivity index (χ2n) is 2.35. The first-order valence-electron chi connectivity index (χ1n) is 3.48. The van der Waals surface area contributed by atoms with Gasteiger partial charge in [-0.3, -0.25) is 0 Å². The van der Waals surface area contributed by atoms with Gasteiger partial charge in [0, 0.05) is 11.1 Å². The number of aliphatic hydroxyl groups excluding tert-OH is 1. The summed E-state index contributed by atoms with van der Waals surface area (Å²) in [6.07, 6.45) is 0. The molecular weight excluding hydrogens is 160 g/mol. The number of nitrogens with one attached hydrogen (secondary N) is 1. The number of aryl methyl sites for hydroxylation is 1. The molecule has 0 saturated heterocycles. The third-order valence-corrected chi connectivity index (χ3v) is 2.54. The lowest BCUT2D eigenvalue weighted by molar-refractivity contribution is 0.250. The highest BCUT2D eigenvalue weighted by Gasteiger charge is 2.10. The lowest BCUT2D eigenvalue weighted by Gasteiger charge is -2.07. The third kappa shape index (κ3) is 1.99. The zero-order chi connectivity index (χ0) is 8.27. The summed E-state index contributed by atoms with van der Waals surface area (Å²) < 4.78 is 0. The van der Waals surface area contributed by atoms with E-state index in [0.29, 0.717) is 0 Å². The number of hydrogen-bond donors (Lipinski definition) is 2. The van der Waals surface area contributed by atoms with Crippen LogP contribution >= 0.6 is 11.3 Å². The van der Waals surface area contributed by atoms with Gasteiger partial charge in [0.05, 0.1) is 12.6 Å². The first kappa shape index (κ1) is 8.64. The van der Waals surface area contributed by atoms with Crippen LogP contribution in [0, 0.1) is 6.92 Å². The highest BCUT2D eigenvalue weighted by atomic mass is 32.1. The fourth-order valence-corrected chi connectivity index (χ4v) is 1.72. The van der Waals surface area contributed by atoms with Crippen LogP contribution in [-0.4, -0.2) is 23.7 Å². The molecule has 0 spiro atoms. The highest BCUT2D eigenvalue weighted by Crippen LogP contribution is 2.16. The van der Waals surface area contributed by atoms with Crippen molar-refractivity contribution in [3.05, 3.63) is 16.1 Å². The second kappa shape index (κ2) is 3.80. The van der Waals surface area contributed by atoms with Crippen LogP contribution in [0.15, 0.2) is 5.38 Å². The van der Waals surface area contributed by atoms with Crippen LogP contribution < -0.4 is 5.32 Å². The van der Waals surface area contributed by atoms with Crippen molar-refractivity contribution in [1.29, 1.82) is 0 Å². The fraction of sp³-hybridized carbons (Fsp3) is 0.571. The van der Waals surface area contributed by atoms with Gasteiger partial charge in [0.15, 0.2) is 0 Å². The van der Waals surface area contributed by atoms with Crippen LogP contribution in [0.25, 0.3) is 0 Å². The van der Waals surface area contributed by atoms with E-state index in [4.69, 9.17) is 5.11 Å². The third-order valence-electron chi connectivity index (χ3n) is 1.47. The van der Waals surface area contributed by atoms with Crippen LogP contribution in [0.3, 0.4) is 0 Å². The van der Waals surface area contributed by atoms with E-state index in [1.165, 1.54) is 0 Å². The number of hydrogen-bond acceptors (Lipinski definition) is 4. The topological polar surface area (TPSA) is 45.1 Å². The highest BCUT2D eigenvalue weighted by molar-refractivity contribution is 7.09. The predicted octanol–water partition coefficient (Wildman–Crippen LogP) is 0.704. The van der Waals surface area contributed by atoms with E-state index in [-0.39, 0.29) is 12.6 Å². The molecule has 2 N–H and O–H groups in total. The maximum absolute atomic E-state index is 8.89. The fourth-order valence-electron chi connectivity index (χ4n) is 0.825. The van der Waals surface area contributed by atoms with Gasteiger partial charge in [-0.05, 0) is 14.0 Å². The van der Waals surface area contributed by atoms with E-state index in [1.807, 2.05) is 19.4 Å². The van der Waals surface area contributed by atoms with Gasteiger partial charge in [-0.15, -0.1) is 11.3 Å². The Labute approximate surface area is 70.1 Å². The summed E-state index contributed by atoms with van der Waals surface area (Å²) in [5.41, 5.74) is 1.01. The van der Waals surface area contributed by atoms with Crippen LogP contribution in [0.1, 0.15) is 16.7 Å². The van der Waals surface area contributed by atoms with E-state index in [2.05, 4.69) is 10.3 Å². The summed E-state index contributed by atoms with van der Waals surface area (Å²) in [7, 11) is 1.82. The molecule has 0 aromatic carbocycles. The summed E-state index contributed by atoms with van der Waals surface area (Å²) in [4.78, 5) is 4.25. The normalized spacial score (nSPS) is 13.4. The quantitative estimate of drug-likeness (QED) is 0.705. The smallest absolute Gasteiger partial charge is 0.112 e. The van der Waals surface area contributed by atoms with Gasteiger partial charge < -0.3 is 10.4 Å². The molecule has 1 aromatic heterocycles. The summed E-state index contributed by atoms with van der Waals surface area (Å²) >= 11 is 1.57. The maximum Gasteiger partial charge on any atom is 0.112 e. The zero-order valence-corrected chi connectivity index (χ0v) is 7.48. The van der Waals surface area contributed by atoms with Crippen LogP contribution in [0.2, 0.25) is 0 Å². The predicted molar refractivity (Wildman–Crippen MR) is 45.7 cm³/mol. The van der Waals surface area contributed by atoms with Gasteiger partial charge in [0.25, 0.3) is 0 Å². The van der Waals surface area contributed by atoms with Gasteiger partial charge in [-0.2, -0.15) is 0 Å². The number of rotatable bonds is 3. The molecule has 1 aromatic rings. The summed E-state index contributed by atoms with van der Waals surface area (Å²) in [5.74, 6) is 0. The number of aromatic nitrogens is 1. The van der Waals surface area contributed by atoms with Crippen molar-refractivity contribution in [2.75, 3.05) is 13.7 Å². The molecular formula is C7H12N2OS. The lowest BCUT2D eigenvalue weighted by atomic mass is 10.3. The van der Waals surface area contributed by atoms with Crippen LogP contribution in [-0.2, 0) is 0 Å². The Morgan fingerprint density at radius 1 is 1.82 bits per heavy atom. The van der Waals surface area contributed by atoms with Gasteiger partial charge in [0.1, 0.15) is 5.01 Å². The number of likely N-dealkylation sites (N-methyl/N-ethyl adjacent to an activating group) is 1. The minimum atomic E-state index is -0.00583. The van der Waals surface area contributed by atoms with E-state index >= 15 is 0 Å². The van der Waals surface area contributed by atoms with Crippen molar-refractivity contribution >= 4 is 11.3 Å². The van der Waals surface area contributed by atoms with Crippen molar-refractivity contribution < 1.29 is 5.11 Å². The molecule has 0 saturated carbocycles. The van der Waals surface area contributed by atoms with Crippen molar-refractivity contribution in [2.45, 2.75) is 13.0 Å². The van der Waals surface area contributed by atoms with Crippen molar-refractivity contribution in [3.8, 4) is 0 Å². The van der Waals surface area contributed by atoms with Gasteiger partial charge >= 0.3 is 0 Å². The maximum atomic E-state index is 8.89. The average molecular weight is 172 g/mol. The largest absolute Gasteiger partial charge is 0.394 e. The first-order chi connectivity index (χ1) is 5.27. The Hall–Kier alpha value is -0.450. The summed E-state index contributed by atoms with van der Waals surface area (Å²) in [6.45, 7) is 2.05. The SMILES string of the molecule is CNC(CO)c1nc(C)cs1. The molecule has 0 aliphatic rings. The van der Waals surface area contributed by atoms with Crippen LogP contribution in [0.5, 0.6) is 0 Å². The van der Waals surface area contributed by atoms with Gasteiger partial charge in [0.2, 0.25) is 0 Å². The molecule has 11 heavy (non-hydrogen) atoms. The molecule has 0 bridgehead atoms. The van der Waals surface area contributed by atoms with E-state index in [9.17, 15) is 0 Å². The van der Waals surface area contributed by atoms with Crippen molar-refractivity contribution in [1.82, 2.24) is 10.3 Å². The number of nitrogens with zero attached hydrogens (tertiary/aromatic N) is 1. The van der Waals surface area contributed by atoms with Crippen molar-refractivity contribution in [2.24, 2.45) is 0 Å². The zero-order valence-electron chi connectivity index (χ0n) is 6.66. The molecule has 1 heterocycles. The van der Waals surface area contributed by atoms with Gasteiger partial charge in [-0.25, -0.2) is 4.98 Å². The molecule has 62 valence electrons. The minimum Gasteiger partial charge on any atom is -0.394 e. The molecule has 0 fully saturated rings. The standard InChI is InChI=1S/C7H12N2OS/c1-5-4-11-7(9-5)6(3-10)8-2/h4,6,8,10H,3H2,1-2H3. The molecule has 1 atom stereocenters. The Bertz CT molecular complexity index is 220. The Morgan fingerprint density at radius 3 is 2.91 bits per heavy atom. The molecule has 4 heteroatoms. The molecule has 1 rings (SSSR count).